The molecule has 31 heavy (non-hydrogen) atoms. The Labute approximate surface area is 180 Å². The minimum absolute atomic E-state index is 0.00484. The predicted molar refractivity (Wildman–Crippen MR) is 110 cm³/mol. The Morgan fingerprint density at radius 1 is 1.13 bits per heavy atom. The number of hydrogen-bond donors (Lipinski definition) is 1. The number of alkyl halides is 2. The highest BCUT2D eigenvalue weighted by Crippen LogP contribution is 2.28. The summed E-state index contributed by atoms with van der Waals surface area (Å²) in [5.74, 6) is -0.884. The lowest BCUT2D eigenvalue weighted by Gasteiger charge is -2.21. The van der Waals surface area contributed by atoms with E-state index in [-0.39, 0.29) is 35.9 Å². The van der Waals surface area contributed by atoms with Gasteiger partial charge in [0.1, 0.15) is 11.6 Å². The molecule has 170 valence electrons. The van der Waals surface area contributed by atoms with E-state index in [0.29, 0.717) is 12.0 Å². The summed E-state index contributed by atoms with van der Waals surface area (Å²) in [6.45, 7) is -1.10. The fourth-order valence-electron chi connectivity index (χ4n) is 3.01. The maximum absolute atomic E-state index is 13.0. The zero-order valence-electron chi connectivity index (χ0n) is 17.2. The fourth-order valence-corrected chi connectivity index (χ4v) is 4.22. The van der Waals surface area contributed by atoms with Crippen molar-refractivity contribution in [1.29, 1.82) is 0 Å². The van der Waals surface area contributed by atoms with Crippen molar-refractivity contribution in [1.82, 2.24) is 9.62 Å². The molecule has 6 nitrogen and oxygen atoms in total. The predicted octanol–water partition coefficient (Wildman–Crippen LogP) is 4.10. The number of para-hydroxylation sites is 1. The van der Waals surface area contributed by atoms with Crippen LogP contribution in [-0.4, -0.2) is 38.8 Å². The third kappa shape index (κ3) is 6.96. The average Bonchev–Trinajstić information content (AvgIpc) is 2.72. The second-order valence-electron chi connectivity index (χ2n) is 6.83. The summed E-state index contributed by atoms with van der Waals surface area (Å²) in [7, 11) is -2.42. The molecule has 2 aromatic carbocycles. The van der Waals surface area contributed by atoms with Gasteiger partial charge in [-0.15, -0.1) is 0 Å². The summed E-state index contributed by atoms with van der Waals surface area (Å²) in [6, 6.07) is 10.2. The maximum Gasteiger partial charge on any atom is 0.387 e. The van der Waals surface area contributed by atoms with Gasteiger partial charge in [0, 0.05) is 25.6 Å². The van der Waals surface area contributed by atoms with Crippen molar-refractivity contribution in [3.05, 3.63) is 59.9 Å². The Hall–Kier alpha value is -2.59. The van der Waals surface area contributed by atoms with Gasteiger partial charge in [-0.25, -0.2) is 17.1 Å². The largest absolute Gasteiger partial charge is 0.434 e. The summed E-state index contributed by atoms with van der Waals surface area (Å²) >= 11 is 0. The molecule has 2 aromatic rings. The number of nitrogens with one attached hydrogen (secondary N) is 1. The van der Waals surface area contributed by atoms with Crippen LogP contribution in [0, 0.1) is 5.82 Å². The number of rotatable bonds is 11. The lowest BCUT2D eigenvalue weighted by Crippen LogP contribution is -2.31. The van der Waals surface area contributed by atoms with Crippen LogP contribution in [-0.2, 0) is 14.8 Å². The van der Waals surface area contributed by atoms with Gasteiger partial charge < -0.3 is 10.1 Å². The van der Waals surface area contributed by atoms with Crippen LogP contribution in [0.25, 0.3) is 0 Å². The summed E-state index contributed by atoms with van der Waals surface area (Å²) in [5.41, 5.74) is 0.439. The van der Waals surface area contributed by atoms with Gasteiger partial charge in [-0.1, -0.05) is 25.1 Å². The summed E-state index contributed by atoms with van der Waals surface area (Å²) in [4.78, 5) is 12.3. The molecule has 0 saturated carbocycles. The zero-order chi connectivity index (χ0) is 23.0. The lowest BCUT2D eigenvalue weighted by atomic mass is 10.0. The Balaban J connectivity index is 1.93. The average molecular weight is 459 g/mol. The van der Waals surface area contributed by atoms with Gasteiger partial charge in [0.05, 0.1) is 10.9 Å². The smallest absolute Gasteiger partial charge is 0.387 e. The molecule has 0 radical (unpaired) electrons. The van der Waals surface area contributed by atoms with Gasteiger partial charge in [0.15, 0.2) is 0 Å². The number of amides is 1. The van der Waals surface area contributed by atoms with Crippen LogP contribution in [0.2, 0.25) is 0 Å². The number of nitrogens with zero attached hydrogens (tertiary/aromatic N) is 1. The third-order valence-electron chi connectivity index (χ3n) is 4.65. The first-order valence-corrected chi connectivity index (χ1v) is 11.1. The van der Waals surface area contributed by atoms with Crippen molar-refractivity contribution in [3.63, 3.8) is 0 Å². The van der Waals surface area contributed by atoms with E-state index in [1.165, 1.54) is 25.2 Å². The Morgan fingerprint density at radius 3 is 2.39 bits per heavy atom. The van der Waals surface area contributed by atoms with Crippen molar-refractivity contribution < 1.29 is 31.1 Å². The van der Waals surface area contributed by atoms with Crippen molar-refractivity contribution in [2.24, 2.45) is 0 Å². The maximum atomic E-state index is 13.0. The highest BCUT2D eigenvalue weighted by atomic mass is 32.2. The molecule has 0 bridgehead atoms. The number of carbonyl (C=O) groups is 1. The summed E-state index contributed by atoms with van der Waals surface area (Å²) in [6.07, 6.45) is 0.736. The van der Waals surface area contributed by atoms with Crippen LogP contribution in [0.1, 0.15) is 37.8 Å². The van der Waals surface area contributed by atoms with Crippen molar-refractivity contribution in [2.45, 2.75) is 43.7 Å². The lowest BCUT2D eigenvalue weighted by molar-refractivity contribution is -0.122. The van der Waals surface area contributed by atoms with Crippen molar-refractivity contribution in [2.75, 3.05) is 13.6 Å². The number of hydrogen-bond acceptors (Lipinski definition) is 4. The van der Waals surface area contributed by atoms with Crippen LogP contribution in [0.3, 0.4) is 0 Å². The zero-order valence-corrected chi connectivity index (χ0v) is 18.0. The molecular weight excluding hydrogens is 433 g/mol. The van der Waals surface area contributed by atoms with Gasteiger partial charge >= 0.3 is 6.61 Å². The van der Waals surface area contributed by atoms with Crippen LogP contribution < -0.4 is 10.1 Å². The van der Waals surface area contributed by atoms with Gasteiger partial charge in [-0.05, 0) is 43.2 Å². The molecule has 0 aromatic heterocycles. The molecular formula is C21H25F3N2O4S. The first-order valence-electron chi connectivity index (χ1n) is 9.70. The van der Waals surface area contributed by atoms with E-state index in [2.05, 4.69) is 10.1 Å². The quantitative estimate of drug-likeness (QED) is 0.550. The van der Waals surface area contributed by atoms with Crippen molar-refractivity contribution in [3.8, 4) is 5.75 Å². The number of halogens is 3. The molecule has 1 atom stereocenters. The highest BCUT2D eigenvalue weighted by molar-refractivity contribution is 7.89. The Morgan fingerprint density at radius 2 is 1.77 bits per heavy atom. The molecule has 1 unspecified atom stereocenters. The molecule has 0 heterocycles. The second kappa shape index (κ2) is 11.1. The first kappa shape index (κ1) is 24.7. The Kier molecular flexibility index (Phi) is 8.88. The van der Waals surface area contributed by atoms with E-state index < -0.39 is 28.5 Å². The van der Waals surface area contributed by atoms with Gasteiger partial charge in [0.2, 0.25) is 15.9 Å². The minimum atomic E-state index is -3.79. The SMILES string of the molecule is CCC(NC(=O)CCCN(C)S(=O)(=O)c1ccc(F)cc1)c1ccccc1OC(F)F. The van der Waals surface area contributed by atoms with Gasteiger partial charge in [-0.2, -0.15) is 8.78 Å². The third-order valence-corrected chi connectivity index (χ3v) is 6.52. The monoisotopic (exact) mass is 458 g/mol. The standard InChI is InChI=1S/C21H25F3N2O4S/c1-3-18(17-7-4-5-8-19(17)30-21(23)24)25-20(27)9-6-14-26(2)31(28,29)16-12-10-15(22)11-13-16/h4-5,7-8,10-13,18,21H,3,6,9,14H2,1-2H3,(H,25,27). The normalized spacial score (nSPS) is 12.7. The van der Waals surface area contributed by atoms with E-state index in [1.807, 2.05) is 0 Å². The van der Waals surface area contributed by atoms with E-state index in [9.17, 15) is 26.4 Å². The Bertz CT molecular complexity index is 969. The molecule has 0 aliphatic rings. The first-order chi connectivity index (χ1) is 14.6. The molecule has 2 rings (SSSR count). The van der Waals surface area contributed by atoms with E-state index in [0.717, 1.165) is 16.4 Å². The van der Waals surface area contributed by atoms with E-state index in [1.54, 1.807) is 25.1 Å². The minimum Gasteiger partial charge on any atom is -0.434 e. The van der Waals surface area contributed by atoms with Gasteiger partial charge in [0.25, 0.3) is 0 Å². The number of sulfonamides is 1. The highest BCUT2D eigenvalue weighted by Gasteiger charge is 2.22. The fraction of sp³-hybridized carbons (Fsp3) is 0.381. The summed E-state index contributed by atoms with van der Waals surface area (Å²) in [5, 5.41) is 2.77. The van der Waals surface area contributed by atoms with Gasteiger partial charge in [-0.3, -0.25) is 4.79 Å². The van der Waals surface area contributed by atoms with Crippen LogP contribution in [0.4, 0.5) is 13.2 Å². The summed E-state index contributed by atoms with van der Waals surface area (Å²) < 4.78 is 68.9. The molecule has 0 fully saturated rings. The molecule has 10 heteroatoms. The molecule has 1 N–H and O–H groups in total. The topological polar surface area (TPSA) is 75.7 Å². The molecule has 0 saturated heterocycles. The van der Waals surface area contributed by atoms with E-state index >= 15 is 0 Å². The van der Waals surface area contributed by atoms with E-state index in [4.69, 9.17) is 0 Å². The van der Waals surface area contributed by atoms with Crippen LogP contribution in [0.5, 0.6) is 5.75 Å². The molecule has 1 amide bonds. The number of benzene rings is 2. The van der Waals surface area contributed by atoms with Crippen molar-refractivity contribution >= 4 is 15.9 Å². The van der Waals surface area contributed by atoms with Crippen LogP contribution in [0.15, 0.2) is 53.4 Å². The van der Waals surface area contributed by atoms with Crippen LogP contribution >= 0.6 is 0 Å². The molecule has 0 spiro atoms. The molecule has 0 aliphatic carbocycles. The molecule has 0 aliphatic heterocycles. The number of carbonyl (C=O) groups excluding carboxylic acids is 1. The number of ether oxygens (including phenoxy) is 1. The second-order valence-corrected chi connectivity index (χ2v) is 8.87.